The topological polar surface area (TPSA) is 61.4 Å². The van der Waals surface area contributed by atoms with E-state index in [1.165, 1.54) is 18.4 Å². The van der Waals surface area contributed by atoms with Crippen molar-refractivity contribution >= 4 is 24.2 Å². The van der Waals surface area contributed by atoms with E-state index in [1.807, 2.05) is 23.1 Å². The van der Waals surface area contributed by atoms with Gasteiger partial charge in [-0.1, -0.05) is 30.3 Å². The quantitative estimate of drug-likeness (QED) is 0.780. The van der Waals surface area contributed by atoms with Crippen molar-refractivity contribution in [3.05, 3.63) is 35.9 Å². The molecule has 2 aliphatic heterocycles. The summed E-state index contributed by atoms with van der Waals surface area (Å²) in [5, 5.41) is 6.52. The molecule has 150 valence electrons. The first kappa shape index (κ1) is 21.7. The van der Waals surface area contributed by atoms with Crippen molar-refractivity contribution in [2.75, 3.05) is 32.7 Å². The number of nitrogens with one attached hydrogen (secondary N) is 2. The summed E-state index contributed by atoms with van der Waals surface area (Å²) >= 11 is 0. The third-order valence-corrected chi connectivity index (χ3v) is 5.65. The van der Waals surface area contributed by atoms with Crippen LogP contribution >= 0.6 is 12.4 Å². The minimum atomic E-state index is 0. The molecule has 2 N–H and O–H groups in total. The van der Waals surface area contributed by atoms with Crippen LogP contribution in [0.5, 0.6) is 0 Å². The summed E-state index contributed by atoms with van der Waals surface area (Å²) in [4.78, 5) is 26.7. The van der Waals surface area contributed by atoms with Crippen molar-refractivity contribution in [1.82, 2.24) is 15.5 Å². The molecule has 2 saturated heterocycles. The first-order valence-corrected chi connectivity index (χ1v) is 10.0. The van der Waals surface area contributed by atoms with Crippen molar-refractivity contribution < 1.29 is 9.59 Å². The Bertz CT molecular complexity index is 582. The van der Waals surface area contributed by atoms with E-state index in [2.05, 4.69) is 22.8 Å². The normalized spacial score (nSPS) is 20.6. The van der Waals surface area contributed by atoms with Crippen LogP contribution in [-0.2, 0) is 16.0 Å². The number of likely N-dealkylation sites (tertiary alicyclic amines) is 1. The maximum Gasteiger partial charge on any atom is 0.223 e. The Balaban J connectivity index is 0.00000261. The van der Waals surface area contributed by atoms with E-state index in [0.717, 1.165) is 38.9 Å². The van der Waals surface area contributed by atoms with E-state index < -0.39 is 0 Å². The average molecular weight is 394 g/mol. The van der Waals surface area contributed by atoms with Gasteiger partial charge in [-0.2, -0.15) is 0 Å². The van der Waals surface area contributed by atoms with Crippen LogP contribution in [0.2, 0.25) is 0 Å². The van der Waals surface area contributed by atoms with Crippen LogP contribution in [0, 0.1) is 11.8 Å². The Labute approximate surface area is 168 Å². The first-order valence-electron chi connectivity index (χ1n) is 10.0. The molecular formula is C21H32ClN3O2. The highest BCUT2D eigenvalue weighted by Gasteiger charge is 2.27. The van der Waals surface area contributed by atoms with Gasteiger partial charge < -0.3 is 15.5 Å². The highest BCUT2D eigenvalue weighted by atomic mass is 35.5. The van der Waals surface area contributed by atoms with Gasteiger partial charge in [-0.05, 0) is 56.7 Å². The Kier molecular flexibility index (Phi) is 9.08. The van der Waals surface area contributed by atoms with Crippen LogP contribution < -0.4 is 10.6 Å². The molecule has 2 aliphatic rings. The summed E-state index contributed by atoms with van der Waals surface area (Å²) in [6, 6.07) is 10.1. The Morgan fingerprint density at radius 2 is 1.85 bits per heavy atom. The van der Waals surface area contributed by atoms with Crippen molar-refractivity contribution in [3.8, 4) is 0 Å². The number of aryl methyl sites for hydroxylation is 1. The highest BCUT2D eigenvalue weighted by molar-refractivity contribution is 5.85. The number of nitrogens with zero attached hydrogens (tertiary/aromatic N) is 1. The number of benzene rings is 1. The molecule has 2 fully saturated rings. The fourth-order valence-corrected chi connectivity index (χ4v) is 3.93. The van der Waals surface area contributed by atoms with Gasteiger partial charge in [0.05, 0.1) is 0 Å². The smallest absolute Gasteiger partial charge is 0.223 e. The molecule has 5 nitrogen and oxygen atoms in total. The fraction of sp³-hybridized carbons (Fsp3) is 0.619. The van der Waals surface area contributed by atoms with Crippen molar-refractivity contribution in [2.24, 2.45) is 11.8 Å². The average Bonchev–Trinajstić information content (AvgIpc) is 2.72. The molecule has 0 saturated carbocycles. The first-order chi connectivity index (χ1) is 12.7. The third-order valence-electron chi connectivity index (χ3n) is 5.65. The molecule has 1 aromatic rings. The molecule has 1 aromatic carbocycles. The number of hydrogen-bond acceptors (Lipinski definition) is 3. The number of carbonyl (C=O) groups excluding carboxylic acids is 2. The zero-order chi connectivity index (χ0) is 18.2. The maximum absolute atomic E-state index is 12.4. The zero-order valence-electron chi connectivity index (χ0n) is 16.0. The SMILES string of the molecule is Cl.O=C(NCC1CCCNC1)C1CCN(C(=O)CCc2ccccc2)CC1. The summed E-state index contributed by atoms with van der Waals surface area (Å²) < 4.78 is 0. The highest BCUT2D eigenvalue weighted by Crippen LogP contribution is 2.19. The van der Waals surface area contributed by atoms with Crippen LogP contribution in [0.4, 0.5) is 0 Å². The second-order valence-corrected chi connectivity index (χ2v) is 7.60. The summed E-state index contributed by atoms with van der Waals surface area (Å²) in [5.74, 6) is 1.00. The fourth-order valence-electron chi connectivity index (χ4n) is 3.93. The summed E-state index contributed by atoms with van der Waals surface area (Å²) in [5.41, 5.74) is 1.20. The van der Waals surface area contributed by atoms with Crippen molar-refractivity contribution in [1.29, 1.82) is 0 Å². The third kappa shape index (κ3) is 6.82. The predicted molar refractivity (Wildman–Crippen MR) is 110 cm³/mol. The summed E-state index contributed by atoms with van der Waals surface area (Å²) in [6.45, 7) is 4.30. The predicted octanol–water partition coefficient (Wildman–Crippen LogP) is 2.40. The van der Waals surface area contributed by atoms with E-state index in [-0.39, 0.29) is 30.1 Å². The van der Waals surface area contributed by atoms with E-state index in [9.17, 15) is 9.59 Å². The molecule has 0 aliphatic carbocycles. The Morgan fingerprint density at radius 3 is 2.52 bits per heavy atom. The number of carbonyl (C=O) groups is 2. The Morgan fingerprint density at radius 1 is 1.11 bits per heavy atom. The summed E-state index contributed by atoms with van der Waals surface area (Å²) in [7, 11) is 0. The van der Waals surface area contributed by atoms with Crippen LogP contribution in [0.15, 0.2) is 30.3 Å². The van der Waals surface area contributed by atoms with Gasteiger partial charge in [-0.3, -0.25) is 9.59 Å². The molecular weight excluding hydrogens is 362 g/mol. The van der Waals surface area contributed by atoms with Gasteiger partial charge in [0, 0.05) is 32.0 Å². The van der Waals surface area contributed by atoms with E-state index in [1.54, 1.807) is 0 Å². The lowest BCUT2D eigenvalue weighted by atomic mass is 9.94. The number of halogens is 1. The van der Waals surface area contributed by atoms with Crippen molar-refractivity contribution in [2.45, 2.75) is 38.5 Å². The lowest BCUT2D eigenvalue weighted by Crippen LogP contribution is -2.45. The molecule has 3 rings (SSSR count). The van der Waals surface area contributed by atoms with Gasteiger partial charge in [0.2, 0.25) is 11.8 Å². The molecule has 0 radical (unpaired) electrons. The van der Waals surface area contributed by atoms with Crippen LogP contribution in [0.1, 0.15) is 37.7 Å². The minimum Gasteiger partial charge on any atom is -0.356 e. The van der Waals surface area contributed by atoms with Gasteiger partial charge in [0.25, 0.3) is 0 Å². The second kappa shape index (κ2) is 11.3. The van der Waals surface area contributed by atoms with E-state index >= 15 is 0 Å². The molecule has 2 amide bonds. The Hall–Kier alpha value is -1.59. The standard InChI is InChI=1S/C21H31N3O2.ClH/c25-20(9-8-17-5-2-1-3-6-17)24-13-10-19(11-14-24)21(26)23-16-18-7-4-12-22-15-18;/h1-3,5-6,18-19,22H,4,7-16H2,(H,23,26);1H. The van der Waals surface area contributed by atoms with Gasteiger partial charge in [0.15, 0.2) is 0 Å². The zero-order valence-corrected chi connectivity index (χ0v) is 16.8. The lowest BCUT2D eigenvalue weighted by Gasteiger charge is -2.32. The molecule has 0 spiro atoms. The molecule has 1 unspecified atom stereocenters. The van der Waals surface area contributed by atoms with Crippen molar-refractivity contribution in [3.63, 3.8) is 0 Å². The summed E-state index contributed by atoms with van der Waals surface area (Å²) in [6.07, 6.45) is 5.30. The number of rotatable bonds is 6. The molecule has 27 heavy (non-hydrogen) atoms. The van der Waals surface area contributed by atoms with Gasteiger partial charge in [-0.15, -0.1) is 12.4 Å². The van der Waals surface area contributed by atoms with Gasteiger partial charge >= 0.3 is 0 Å². The van der Waals surface area contributed by atoms with Gasteiger partial charge in [0.1, 0.15) is 0 Å². The monoisotopic (exact) mass is 393 g/mol. The minimum absolute atomic E-state index is 0. The second-order valence-electron chi connectivity index (χ2n) is 7.60. The van der Waals surface area contributed by atoms with Crippen LogP contribution in [0.25, 0.3) is 0 Å². The maximum atomic E-state index is 12.4. The van der Waals surface area contributed by atoms with Gasteiger partial charge in [-0.25, -0.2) is 0 Å². The number of hydrogen-bond donors (Lipinski definition) is 2. The molecule has 1 atom stereocenters. The largest absolute Gasteiger partial charge is 0.356 e. The number of piperidine rings is 2. The molecule has 6 heteroatoms. The molecule has 0 bridgehead atoms. The molecule has 0 aromatic heterocycles. The van der Waals surface area contributed by atoms with Crippen LogP contribution in [-0.4, -0.2) is 49.4 Å². The number of amides is 2. The lowest BCUT2D eigenvalue weighted by molar-refractivity contribution is -0.135. The van der Waals surface area contributed by atoms with E-state index in [0.29, 0.717) is 25.4 Å². The van der Waals surface area contributed by atoms with Crippen LogP contribution in [0.3, 0.4) is 0 Å². The van der Waals surface area contributed by atoms with E-state index in [4.69, 9.17) is 0 Å². The molecule has 2 heterocycles.